The van der Waals surface area contributed by atoms with Gasteiger partial charge >= 0.3 is 0 Å². The maximum atomic E-state index is 5.42. The average Bonchev–Trinajstić information content (AvgIpc) is 2.21. The van der Waals surface area contributed by atoms with Gasteiger partial charge in [0.1, 0.15) is 0 Å². The summed E-state index contributed by atoms with van der Waals surface area (Å²) in [7, 11) is 0. The molecule has 0 aromatic heterocycles. The lowest BCUT2D eigenvalue weighted by Crippen LogP contribution is -2.03. The maximum absolute atomic E-state index is 5.42. The highest BCUT2D eigenvalue weighted by molar-refractivity contribution is 4.39. The molecule has 0 aromatic rings. The van der Waals surface area contributed by atoms with Crippen molar-refractivity contribution in [3.8, 4) is 0 Å². The Morgan fingerprint density at radius 1 is 0.571 bits per heavy atom. The molecule has 0 saturated heterocycles. The highest BCUT2D eigenvalue weighted by atomic mass is 16.5. The second-order valence-corrected chi connectivity index (χ2v) is 3.07. The fourth-order valence-corrected chi connectivity index (χ4v) is 1.06. The molecular formula is C11H24O3. The van der Waals surface area contributed by atoms with Crippen molar-refractivity contribution in [1.82, 2.24) is 0 Å². The third kappa shape index (κ3) is 11.9. The molecule has 0 fully saturated rings. The quantitative estimate of drug-likeness (QED) is 0.483. The Bertz CT molecular complexity index is 84.5. The van der Waals surface area contributed by atoms with Crippen LogP contribution < -0.4 is 0 Å². The van der Waals surface area contributed by atoms with Crippen molar-refractivity contribution in [2.75, 3.05) is 39.6 Å². The van der Waals surface area contributed by atoms with Gasteiger partial charge < -0.3 is 14.2 Å². The lowest BCUT2D eigenvalue weighted by atomic mass is 10.3. The predicted octanol–water partition coefficient (Wildman–Crippen LogP) is 2.25. The smallest absolute Gasteiger partial charge is 0.0487 e. The van der Waals surface area contributed by atoms with Crippen LogP contribution in [0.25, 0.3) is 0 Å². The van der Waals surface area contributed by atoms with Crippen LogP contribution in [0.5, 0.6) is 0 Å². The molecular weight excluding hydrogens is 180 g/mol. The van der Waals surface area contributed by atoms with E-state index in [-0.39, 0.29) is 0 Å². The first kappa shape index (κ1) is 13.9. The summed E-state index contributed by atoms with van der Waals surface area (Å²) in [5.41, 5.74) is 0. The van der Waals surface area contributed by atoms with E-state index in [1.54, 1.807) is 0 Å². The molecule has 0 rings (SSSR count). The molecule has 0 saturated carbocycles. The molecule has 0 heterocycles. The Kier molecular flexibility index (Phi) is 12.8. The molecule has 0 aliphatic carbocycles. The summed E-state index contributed by atoms with van der Waals surface area (Å²) in [6, 6.07) is 0. The van der Waals surface area contributed by atoms with Gasteiger partial charge in [0.25, 0.3) is 0 Å². The van der Waals surface area contributed by atoms with Crippen molar-refractivity contribution in [1.29, 1.82) is 0 Å². The Hall–Kier alpha value is -0.120. The van der Waals surface area contributed by atoms with Gasteiger partial charge in [0.2, 0.25) is 0 Å². The summed E-state index contributed by atoms with van der Waals surface area (Å²) >= 11 is 0. The van der Waals surface area contributed by atoms with Crippen LogP contribution in [0.1, 0.15) is 33.1 Å². The molecule has 0 amide bonds. The van der Waals surface area contributed by atoms with Crippen molar-refractivity contribution < 1.29 is 14.2 Å². The normalized spacial score (nSPS) is 10.7. The fraction of sp³-hybridized carbons (Fsp3) is 1.00. The Morgan fingerprint density at radius 3 is 1.57 bits per heavy atom. The zero-order valence-corrected chi connectivity index (χ0v) is 9.59. The number of ether oxygens (including phenoxy) is 3. The van der Waals surface area contributed by atoms with Crippen molar-refractivity contribution in [2.24, 2.45) is 0 Å². The lowest BCUT2D eigenvalue weighted by molar-refractivity contribution is 0.0800. The summed E-state index contributed by atoms with van der Waals surface area (Å²) < 4.78 is 15.8. The Balaban J connectivity index is 2.78. The van der Waals surface area contributed by atoms with E-state index in [4.69, 9.17) is 14.2 Å². The first-order valence-corrected chi connectivity index (χ1v) is 5.65. The maximum Gasteiger partial charge on any atom is 0.0487 e. The summed E-state index contributed by atoms with van der Waals surface area (Å²) in [6.45, 7) is 8.98. The van der Waals surface area contributed by atoms with E-state index >= 15 is 0 Å². The minimum absolute atomic E-state index is 0.800. The topological polar surface area (TPSA) is 27.7 Å². The van der Waals surface area contributed by atoms with Crippen molar-refractivity contribution in [3.05, 3.63) is 0 Å². The predicted molar refractivity (Wildman–Crippen MR) is 57.7 cm³/mol. The minimum Gasteiger partial charge on any atom is -0.382 e. The average molecular weight is 204 g/mol. The third-order valence-electron chi connectivity index (χ3n) is 1.81. The summed E-state index contributed by atoms with van der Waals surface area (Å²) in [5, 5.41) is 0. The fourth-order valence-electron chi connectivity index (χ4n) is 1.06. The summed E-state index contributed by atoms with van der Waals surface area (Å²) in [4.78, 5) is 0. The standard InChI is InChI=1S/C11H24O3/c1-3-12-8-5-6-9-14-11-7-10-13-4-2/h3-11H2,1-2H3. The van der Waals surface area contributed by atoms with E-state index in [1.807, 2.05) is 13.8 Å². The van der Waals surface area contributed by atoms with Gasteiger partial charge in [0.15, 0.2) is 0 Å². The molecule has 0 atom stereocenters. The molecule has 14 heavy (non-hydrogen) atoms. The molecule has 0 unspecified atom stereocenters. The summed E-state index contributed by atoms with van der Waals surface area (Å²) in [5.74, 6) is 0. The van der Waals surface area contributed by atoms with Crippen molar-refractivity contribution >= 4 is 0 Å². The molecule has 0 aliphatic heterocycles. The minimum atomic E-state index is 0.800. The van der Waals surface area contributed by atoms with Gasteiger partial charge in [-0.25, -0.2) is 0 Å². The van der Waals surface area contributed by atoms with Gasteiger partial charge in [0, 0.05) is 39.6 Å². The zero-order valence-electron chi connectivity index (χ0n) is 9.59. The molecule has 0 aromatic carbocycles. The van der Waals surface area contributed by atoms with Crippen LogP contribution in [0.2, 0.25) is 0 Å². The zero-order chi connectivity index (χ0) is 10.5. The largest absolute Gasteiger partial charge is 0.382 e. The first-order valence-electron chi connectivity index (χ1n) is 5.65. The van der Waals surface area contributed by atoms with Crippen LogP contribution in [-0.4, -0.2) is 39.6 Å². The lowest BCUT2D eigenvalue weighted by Gasteiger charge is -2.04. The highest BCUT2D eigenvalue weighted by Gasteiger charge is 1.90. The van der Waals surface area contributed by atoms with Crippen LogP contribution in [-0.2, 0) is 14.2 Å². The highest BCUT2D eigenvalue weighted by Crippen LogP contribution is 1.92. The second kappa shape index (κ2) is 12.9. The number of hydrogen-bond acceptors (Lipinski definition) is 3. The van der Waals surface area contributed by atoms with E-state index < -0.39 is 0 Å². The molecule has 0 bridgehead atoms. The molecule has 0 N–H and O–H groups in total. The van der Waals surface area contributed by atoms with Gasteiger partial charge in [-0.2, -0.15) is 0 Å². The van der Waals surface area contributed by atoms with Crippen molar-refractivity contribution in [2.45, 2.75) is 33.1 Å². The second-order valence-electron chi connectivity index (χ2n) is 3.07. The van der Waals surface area contributed by atoms with Crippen LogP contribution >= 0.6 is 0 Å². The van der Waals surface area contributed by atoms with Gasteiger partial charge in [-0.3, -0.25) is 0 Å². The van der Waals surface area contributed by atoms with Crippen molar-refractivity contribution in [3.63, 3.8) is 0 Å². The van der Waals surface area contributed by atoms with Gasteiger partial charge in [-0.05, 0) is 33.1 Å². The van der Waals surface area contributed by atoms with Crippen LogP contribution in [0, 0.1) is 0 Å². The first-order chi connectivity index (χ1) is 6.91. The Labute approximate surface area is 87.7 Å². The van der Waals surface area contributed by atoms with E-state index in [9.17, 15) is 0 Å². The van der Waals surface area contributed by atoms with Crippen LogP contribution in [0.3, 0.4) is 0 Å². The summed E-state index contributed by atoms with van der Waals surface area (Å²) in [6.07, 6.45) is 3.19. The molecule has 0 aliphatic rings. The van der Waals surface area contributed by atoms with Gasteiger partial charge in [-0.15, -0.1) is 0 Å². The van der Waals surface area contributed by atoms with Gasteiger partial charge in [0.05, 0.1) is 0 Å². The van der Waals surface area contributed by atoms with E-state index in [2.05, 4.69) is 0 Å². The monoisotopic (exact) mass is 204 g/mol. The van der Waals surface area contributed by atoms with Gasteiger partial charge in [-0.1, -0.05) is 0 Å². The SMILES string of the molecule is CCOCCCCOCCCOCC. The number of rotatable bonds is 11. The molecule has 3 heteroatoms. The third-order valence-corrected chi connectivity index (χ3v) is 1.81. The Morgan fingerprint density at radius 2 is 1.00 bits per heavy atom. The van der Waals surface area contributed by atoms with E-state index in [0.29, 0.717) is 0 Å². The molecule has 0 radical (unpaired) electrons. The number of unbranched alkanes of at least 4 members (excludes halogenated alkanes) is 1. The molecule has 86 valence electrons. The van der Waals surface area contributed by atoms with E-state index in [1.165, 1.54) is 0 Å². The molecule has 0 spiro atoms. The van der Waals surface area contributed by atoms with E-state index in [0.717, 1.165) is 58.9 Å². The number of hydrogen-bond donors (Lipinski definition) is 0. The van der Waals surface area contributed by atoms with Crippen LogP contribution in [0.4, 0.5) is 0 Å². The molecule has 3 nitrogen and oxygen atoms in total. The van der Waals surface area contributed by atoms with Crippen LogP contribution in [0.15, 0.2) is 0 Å².